The zero-order valence-corrected chi connectivity index (χ0v) is 9.47. The van der Waals surface area contributed by atoms with Gasteiger partial charge in [-0.15, -0.1) is 0 Å². The molecule has 0 atom stereocenters. The van der Waals surface area contributed by atoms with Crippen LogP contribution in [-0.2, 0) is 0 Å². The van der Waals surface area contributed by atoms with Crippen LogP contribution in [0, 0.1) is 5.82 Å². The Morgan fingerprint density at radius 1 is 0.889 bits per heavy atom. The predicted octanol–water partition coefficient (Wildman–Crippen LogP) is 3.28. The minimum atomic E-state index is -0.293. The van der Waals surface area contributed by atoms with Gasteiger partial charge in [-0.3, -0.25) is 5.10 Å². The van der Waals surface area contributed by atoms with Gasteiger partial charge in [-0.05, 0) is 12.1 Å². The first-order chi connectivity index (χ1) is 8.83. The second kappa shape index (κ2) is 4.41. The van der Waals surface area contributed by atoms with Gasteiger partial charge in [0.05, 0.1) is 0 Å². The van der Waals surface area contributed by atoms with E-state index in [1.54, 1.807) is 12.1 Å². The Kier molecular flexibility index (Phi) is 2.61. The molecule has 0 aliphatic heterocycles. The largest absolute Gasteiger partial charge is 0.259 e. The normalized spacial score (nSPS) is 10.5. The van der Waals surface area contributed by atoms with E-state index in [1.807, 2.05) is 30.3 Å². The van der Waals surface area contributed by atoms with Gasteiger partial charge in [0, 0.05) is 11.1 Å². The van der Waals surface area contributed by atoms with Crippen LogP contribution in [-0.4, -0.2) is 15.2 Å². The average Bonchev–Trinajstić information content (AvgIpc) is 2.89. The van der Waals surface area contributed by atoms with Crippen molar-refractivity contribution in [3.05, 3.63) is 60.4 Å². The smallest absolute Gasteiger partial charge is 0.181 e. The van der Waals surface area contributed by atoms with Crippen molar-refractivity contribution in [2.45, 2.75) is 0 Å². The van der Waals surface area contributed by atoms with Crippen LogP contribution in [0.15, 0.2) is 54.6 Å². The maximum atomic E-state index is 13.1. The Balaban J connectivity index is 2.00. The molecule has 1 N–H and O–H groups in total. The van der Waals surface area contributed by atoms with Crippen molar-refractivity contribution in [1.29, 1.82) is 0 Å². The van der Waals surface area contributed by atoms with Gasteiger partial charge >= 0.3 is 0 Å². The molecule has 3 rings (SSSR count). The van der Waals surface area contributed by atoms with Crippen LogP contribution in [0.25, 0.3) is 22.8 Å². The zero-order chi connectivity index (χ0) is 12.4. The first-order valence-electron chi connectivity index (χ1n) is 5.57. The van der Waals surface area contributed by atoms with Crippen molar-refractivity contribution < 1.29 is 4.39 Å². The molecule has 4 heteroatoms. The van der Waals surface area contributed by atoms with E-state index in [2.05, 4.69) is 15.2 Å². The molecule has 0 saturated carbocycles. The lowest BCUT2D eigenvalue weighted by molar-refractivity contribution is 0.628. The Hall–Kier alpha value is -2.49. The lowest BCUT2D eigenvalue weighted by Crippen LogP contribution is -1.82. The van der Waals surface area contributed by atoms with E-state index >= 15 is 0 Å². The molecule has 0 amide bonds. The molecular weight excluding hydrogens is 229 g/mol. The van der Waals surface area contributed by atoms with Gasteiger partial charge in [-0.1, -0.05) is 42.5 Å². The van der Waals surface area contributed by atoms with Crippen LogP contribution in [0.5, 0.6) is 0 Å². The van der Waals surface area contributed by atoms with Crippen LogP contribution in [0.1, 0.15) is 0 Å². The molecule has 0 radical (unpaired) electrons. The highest BCUT2D eigenvalue weighted by Crippen LogP contribution is 2.20. The molecule has 18 heavy (non-hydrogen) atoms. The summed E-state index contributed by atoms with van der Waals surface area (Å²) in [6.45, 7) is 0. The van der Waals surface area contributed by atoms with Crippen LogP contribution in [0.2, 0.25) is 0 Å². The summed E-state index contributed by atoms with van der Waals surface area (Å²) >= 11 is 0. The standard InChI is InChI=1S/C14H10FN3/c15-12-8-4-7-11(9-12)14-16-13(17-18-14)10-5-2-1-3-6-10/h1-9H,(H,16,17,18). The monoisotopic (exact) mass is 239 g/mol. The molecule has 0 saturated heterocycles. The van der Waals surface area contributed by atoms with Gasteiger partial charge in [-0.2, -0.15) is 5.10 Å². The van der Waals surface area contributed by atoms with Crippen LogP contribution >= 0.6 is 0 Å². The molecule has 3 nitrogen and oxygen atoms in total. The van der Waals surface area contributed by atoms with Crippen LogP contribution in [0.4, 0.5) is 4.39 Å². The van der Waals surface area contributed by atoms with Gasteiger partial charge in [-0.25, -0.2) is 9.37 Å². The van der Waals surface area contributed by atoms with Crippen molar-refractivity contribution in [3.8, 4) is 22.8 Å². The molecule has 0 unspecified atom stereocenters. The summed E-state index contributed by atoms with van der Waals surface area (Å²) in [5.41, 5.74) is 1.61. The average molecular weight is 239 g/mol. The number of H-pyrrole nitrogens is 1. The minimum Gasteiger partial charge on any atom is -0.259 e. The molecule has 88 valence electrons. The van der Waals surface area contributed by atoms with Crippen LogP contribution in [0.3, 0.4) is 0 Å². The predicted molar refractivity (Wildman–Crippen MR) is 67.2 cm³/mol. The quantitative estimate of drug-likeness (QED) is 0.745. The Morgan fingerprint density at radius 2 is 1.67 bits per heavy atom. The van der Waals surface area contributed by atoms with Crippen molar-refractivity contribution in [2.75, 3.05) is 0 Å². The number of nitrogens with one attached hydrogen (secondary N) is 1. The Labute approximate surface area is 103 Å². The zero-order valence-electron chi connectivity index (χ0n) is 9.47. The van der Waals surface area contributed by atoms with E-state index in [1.165, 1.54) is 12.1 Å². The maximum Gasteiger partial charge on any atom is 0.181 e. The van der Waals surface area contributed by atoms with E-state index in [-0.39, 0.29) is 5.82 Å². The molecular formula is C14H10FN3. The number of halogens is 1. The maximum absolute atomic E-state index is 13.1. The number of aromatic amines is 1. The van der Waals surface area contributed by atoms with Crippen molar-refractivity contribution >= 4 is 0 Å². The lowest BCUT2D eigenvalue weighted by Gasteiger charge is -1.95. The summed E-state index contributed by atoms with van der Waals surface area (Å²) in [6, 6.07) is 15.9. The summed E-state index contributed by atoms with van der Waals surface area (Å²) in [5.74, 6) is 0.877. The van der Waals surface area contributed by atoms with Gasteiger partial charge in [0.25, 0.3) is 0 Å². The van der Waals surface area contributed by atoms with Gasteiger partial charge in [0.15, 0.2) is 11.6 Å². The molecule has 0 spiro atoms. The summed E-state index contributed by atoms with van der Waals surface area (Å²) in [5, 5.41) is 6.96. The highest BCUT2D eigenvalue weighted by molar-refractivity contribution is 5.60. The number of rotatable bonds is 2. The second-order valence-corrected chi connectivity index (χ2v) is 3.88. The summed E-state index contributed by atoms with van der Waals surface area (Å²) < 4.78 is 13.1. The second-order valence-electron chi connectivity index (χ2n) is 3.88. The molecule has 1 aromatic heterocycles. The molecule has 0 bridgehead atoms. The Bertz CT molecular complexity index is 662. The number of hydrogen-bond acceptors (Lipinski definition) is 2. The summed E-state index contributed by atoms with van der Waals surface area (Å²) in [4.78, 5) is 4.36. The van der Waals surface area contributed by atoms with E-state index in [0.717, 1.165) is 5.56 Å². The molecule has 3 aromatic rings. The number of hydrogen-bond donors (Lipinski definition) is 1. The first kappa shape index (κ1) is 10.7. The third kappa shape index (κ3) is 2.00. The molecule has 0 fully saturated rings. The van der Waals surface area contributed by atoms with Gasteiger partial charge < -0.3 is 0 Å². The summed E-state index contributed by atoms with van der Waals surface area (Å²) in [7, 11) is 0. The number of benzene rings is 2. The highest BCUT2D eigenvalue weighted by Gasteiger charge is 2.07. The van der Waals surface area contributed by atoms with Gasteiger partial charge in [0.2, 0.25) is 0 Å². The van der Waals surface area contributed by atoms with E-state index in [9.17, 15) is 4.39 Å². The lowest BCUT2D eigenvalue weighted by atomic mass is 10.2. The third-order valence-corrected chi connectivity index (χ3v) is 2.62. The number of nitrogens with zero attached hydrogens (tertiary/aromatic N) is 2. The van der Waals surface area contributed by atoms with Crippen molar-refractivity contribution in [1.82, 2.24) is 15.2 Å². The molecule has 2 aromatic carbocycles. The fourth-order valence-electron chi connectivity index (χ4n) is 1.74. The topological polar surface area (TPSA) is 41.6 Å². The fraction of sp³-hybridized carbons (Fsp3) is 0. The number of aromatic nitrogens is 3. The van der Waals surface area contributed by atoms with Crippen LogP contribution < -0.4 is 0 Å². The molecule has 0 aliphatic rings. The SMILES string of the molecule is Fc1cccc(-c2n[nH]c(-c3ccccc3)n2)c1. The van der Waals surface area contributed by atoms with Crippen molar-refractivity contribution in [3.63, 3.8) is 0 Å². The van der Waals surface area contributed by atoms with E-state index in [4.69, 9.17) is 0 Å². The fourth-order valence-corrected chi connectivity index (χ4v) is 1.74. The molecule has 1 heterocycles. The minimum absolute atomic E-state index is 0.293. The highest BCUT2D eigenvalue weighted by atomic mass is 19.1. The van der Waals surface area contributed by atoms with Crippen molar-refractivity contribution in [2.24, 2.45) is 0 Å². The van der Waals surface area contributed by atoms with E-state index < -0.39 is 0 Å². The molecule has 0 aliphatic carbocycles. The first-order valence-corrected chi connectivity index (χ1v) is 5.57. The third-order valence-electron chi connectivity index (χ3n) is 2.62. The Morgan fingerprint density at radius 3 is 2.44 bits per heavy atom. The van der Waals surface area contributed by atoms with Gasteiger partial charge in [0.1, 0.15) is 5.82 Å². The summed E-state index contributed by atoms with van der Waals surface area (Å²) in [6.07, 6.45) is 0. The van der Waals surface area contributed by atoms with E-state index in [0.29, 0.717) is 17.2 Å².